The molecule has 0 saturated carbocycles. The van der Waals surface area contributed by atoms with Crippen LogP contribution in [0.25, 0.3) is 0 Å². The predicted octanol–water partition coefficient (Wildman–Crippen LogP) is -0.921. The summed E-state index contributed by atoms with van der Waals surface area (Å²) in [5, 5.41) is 18.3. The Morgan fingerprint density at radius 1 is 1.60 bits per heavy atom. The molecule has 0 aliphatic carbocycles. The zero-order valence-corrected chi connectivity index (χ0v) is 5.78. The van der Waals surface area contributed by atoms with Gasteiger partial charge in [-0.1, -0.05) is 11.6 Å². The van der Waals surface area contributed by atoms with E-state index in [1.54, 1.807) is 6.08 Å². The number of aliphatic imine (C=N–C) groups is 1. The lowest BCUT2D eigenvalue weighted by Crippen LogP contribution is -2.50. The zero-order valence-electron chi connectivity index (χ0n) is 5.03. The van der Waals surface area contributed by atoms with Crippen molar-refractivity contribution in [2.45, 2.75) is 5.02 Å². The van der Waals surface area contributed by atoms with Gasteiger partial charge in [-0.2, -0.15) is 0 Å². The summed E-state index contributed by atoms with van der Waals surface area (Å²) < 4.78 is 0. The summed E-state index contributed by atoms with van der Waals surface area (Å²) >= 11 is 5.55. The molecule has 0 spiro atoms. The van der Waals surface area contributed by atoms with Gasteiger partial charge in [0.05, 0.1) is 0 Å². The number of nitrogens with zero attached hydrogens (tertiary/aromatic N) is 1. The standard InChI is InChI=1S/C4H6BClN2O2/c6-4(5(9)10)7-2-1-3-8-4/h1-3,7,9-10H. The highest BCUT2D eigenvalue weighted by molar-refractivity contribution is 6.60. The molecule has 1 aliphatic heterocycles. The van der Waals surface area contributed by atoms with Gasteiger partial charge in [0.15, 0.2) is 0 Å². The Hall–Kier alpha value is -0.515. The van der Waals surface area contributed by atoms with E-state index >= 15 is 0 Å². The SMILES string of the molecule is OB(O)C1(Cl)N=CC=CN1. The van der Waals surface area contributed by atoms with E-state index < -0.39 is 12.1 Å². The Bertz CT molecular complexity index is 184. The van der Waals surface area contributed by atoms with Crippen molar-refractivity contribution in [1.29, 1.82) is 0 Å². The van der Waals surface area contributed by atoms with E-state index in [2.05, 4.69) is 10.3 Å². The van der Waals surface area contributed by atoms with Crippen molar-refractivity contribution < 1.29 is 10.0 Å². The van der Waals surface area contributed by atoms with E-state index in [1.807, 2.05) is 0 Å². The topological polar surface area (TPSA) is 64.8 Å². The molecule has 3 N–H and O–H groups in total. The Labute approximate surface area is 63.4 Å². The molecule has 0 bridgehead atoms. The molecular formula is C4H6BClN2O2. The molecule has 0 fully saturated rings. The van der Waals surface area contributed by atoms with Gasteiger partial charge < -0.3 is 15.4 Å². The third kappa shape index (κ3) is 1.31. The molecule has 1 atom stereocenters. The van der Waals surface area contributed by atoms with Crippen LogP contribution in [0.5, 0.6) is 0 Å². The average molecular weight is 160 g/mol. The average Bonchev–Trinajstić information content (AvgIpc) is 1.89. The van der Waals surface area contributed by atoms with Crippen LogP contribution >= 0.6 is 11.6 Å². The molecule has 10 heavy (non-hydrogen) atoms. The van der Waals surface area contributed by atoms with Crippen molar-refractivity contribution in [2.24, 2.45) is 4.99 Å². The highest BCUT2D eigenvalue weighted by Crippen LogP contribution is 2.15. The summed E-state index contributed by atoms with van der Waals surface area (Å²) in [5.74, 6) is 0. The number of hydrogen-bond acceptors (Lipinski definition) is 4. The molecule has 0 aromatic heterocycles. The third-order valence-electron chi connectivity index (χ3n) is 1.07. The number of nitrogens with one attached hydrogen (secondary N) is 1. The van der Waals surface area contributed by atoms with Crippen LogP contribution in [0.2, 0.25) is 0 Å². The predicted molar refractivity (Wildman–Crippen MR) is 39.5 cm³/mol. The van der Waals surface area contributed by atoms with Gasteiger partial charge in [0.1, 0.15) is 0 Å². The maximum Gasteiger partial charge on any atom is 0.520 e. The highest BCUT2D eigenvalue weighted by Gasteiger charge is 2.39. The summed E-state index contributed by atoms with van der Waals surface area (Å²) in [6.45, 7) is 0. The van der Waals surface area contributed by atoms with Crippen LogP contribution in [0.1, 0.15) is 0 Å². The molecule has 0 aromatic rings. The number of halogens is 1. The minimum Gasteiger partial charge on any atom is -0.423 e. The fourth-order valence-corrected chi connectivity index (χ4v) is 0.657. The Kier molecular flexibility index (Phi) is 1.98. The molecule has 1 unspecified atom stereocenters. The first-order chi connectivity index (χ1) is 4.65. The van der Waals surface area contributed by atoms with E-state index in [9.17, 15) is 0 Å². The summed E-state index contributed by atoms with van der Waals surface area (Å²) in [5.41, 5.74) is 0. The lowest BCUT2D eigenvalue weighted by Gasteiger charge is -2.22. The van der Waals surface area contributed by atoms with Crippen LogP contribution in [0.3, 0.4) is 0 Å². The minimum atomic E-state index is -1.71. The molecular weight excluding hydrogens is 154 g/mol. The molecule has 1 aliphatic rings. The van der Waals surface area contributed by atoms with Gasteiger partial charge in [0, 0.05) is 12.4 Å². The first-order valence-corrected chi connectivity index (χ1v) is 3.06. The van der Waals surface area contributed by atoms with Crippen LogP contribution in [-0.4, -0.2) is 28.4 Å². The number of hydrogen-bond donors (Lipinski definition) is 3. The van der Waals surface area contributed by atoms with Crippen LogP contribution in [-0.2, 0) is 0 Å². The molecule has 0 radical (unpaired) electrons. The van der Waals surface area contributed by atoms with Gasteiger partial charge in [-0.05, 0) is 6.08 Å². The van der Waals surface area contributed by atoms with Gasteiger partial charge in [-0.25, -0.2) is 0 Å². The number of allylic oxidation sites excluding steroid dienone is 1. The minimum absolute atomic E-state index is 1.39. The van der Waals surface area contributed by atoms with E-state index in [4.69, 9.17) is 21.6 Å². The van der Waals surface area contributed by atoms with E-state index in [0.717, 1.165) is 0 Å². The van der Waals surface area contributed by atoms with Crippen LogP contribution < -0.4 is 5.32 Å². The first-order valence-electron chi connectivity index (χ1n) is 2.68. The number of rotatable bonds is 1. The largest absolute Gasteiger partial charge is 0.520 e. The fourth-order valence-electron chi connectivity index (χ4n) is 0.538. The number of alkyl halides is 1. The quantitative estimate of drug-likeness (QED) is 0.264. The second kappa shape index (κ2) is 2.61. The maximum absolute atomic E-state index is 8.65. The summed E-state index contributed by atoms with van der Waals surface area (Å²) in [7, 11) is -1.71. The van der Waals surface area contributed by atoms with Crippen molar-refractivity contribution in [3.05, 3.63) is 12.3 Å². The molecule has 54 valence electrons. The molecule has 4 nitrogen and oxygen atoms in total. The van der Waals surface area contributed by atoms with Gasteiger partial charge >= 0.3 is 7.12 Å². The van der Waals surface area contributed by atoms with Crippen molar-refractivity contribution in [2.75, 3.05) is 0 Å². The van der Waals surface area contributed by atoms with Gasteiger partial charge in [0.2, 0.25) is 5.02 Å². The zero-order chi connectivity index (χ0) is 7.61. The molecule has 0 saturated heterocycles. The molecule has 6 heteroatoms. The van der Waals surface area contributed by atoms with E-state index in [1.165, 1.54) is 12.4 Å². The van der Waals surface area contributed by atoms with Crippen LogP contribution in [0, 0.1) is 0 Å². The monoisotopic (exact) mass is 160 g/mol. The summed E-state index contributed by atoms with van der Waals surface area (Å²) in [6, 6.07) is 0. The fraction of sp³-hybridized carbons (Fsp3) is 0.250. The lowest BCUT2D eigenvalue weighted by molar-refractivity contribution is 0.367. The van der Waals surface area contributed by atoms with Crippen molar-refractivity contribution in [3.8, 4) is 0 Å². The van der Waals surface area contributed by atoms with Gasteiger partial charge in [-0.3, -0.25) is 4.99 Å². The summed E-state index contributed by atoms with van der Waals surface area (Å²) in [4.78, 5) is 3.60. The first kappa shape index (κ1) is 7.59. The Morgan fingerprint density at radius 2 is 2.30 bits per heavy atom. The second-order valence-corrected chi connectivity index (χ2v) is 2.40. The smallest absolute Gasteiger partial charge is 0.423 e. The van der Waals surface area contributed by atoms with Gasteiger partial charge in [0.25, 0.3) is 0 Å². The molecule has 0 amide bonds. The van der Waals surface area contributed by atoms with E-state index in [-0.39, 0.29) is 0 Å². The second-order valence-electron chi connectivity index (χ2n) is 1.83. The summed E-state index contributed by atoms with van der Waals surface area (Å²) in [6.07, 6.45) is 4.48. The molecule has 1 rings (SSSR count). The van der Waals surface area contributed by atoms with Crippen LogP contribution in [0.4, 0.5) is 0 Å². The van der Waals surface area contributed by atoms with Crippen molar-refractivity contribution in [3.63, 3.8) is 0 Å². The molecule has 1 heterocycles. The van der Waals surface area contributed by atoms with E-state index in [0.29, 0.717) is 0 Å². The van der Waals surface area contributed by atoms with Gasteiger partial charge in [-0.15, -0.1) is 0 Å². The lowest BCUT2D eigenvalue weighted by atomic mass is 9.85. The Balaban J connectivity index is 2.70. The third-order valence-corrected chi connectivity index (χ3v) is 1.47. The van der Waals surface area contributed by atoms with Crippen molar-refractivity contribution >= 4 is 24.9 Å². The highest BCUT2D eigenvalue weighted by atomic mass is 35.5. The van der Waals surface area contributed by atoms with Crippen molar-refractivity contribution in [1.82, 2.24) is 5.32 Å². The maximum atomic E-state index is 8.65. The molecule has 0 aromatic carbocycles. The normalized spacial score (nSPS) is 29.9. The Morgan fingerprint density at radius 3 is 2.60 bits per heavy atom. The van der Waals surface area contributed by atoms with Crippen LogP contribution in [0.15, 0.2) is 17.3 Å².